The molecule has 0 aliphatic carbocycles. The maximum atomic E-state index is 12.9. The summed E-state index contributed by atoms with van der Waals surface area (Å²) in [6.07, 6.45) is 0.897. The molecule has 0 bridgehead atoms. The first-order valence-electron chi connectivity index (χ1n) is 10.3. The molecule has 1 amide bonds. The summed E-state index contributed by atoms with van der Waals surface area (Å²) in [4.78, 5) is 14.9. The molecule has 0 spiro atoms. The maximum absolute atomic E-state index is 12.9. The van der Waals surface area contributed by atoms with Crippen LogP contribution in [0.4, 0.5) is 0 Å². The highest BCUT2D eigenvalue weighted by Crippen LogP contribution is 2.30. The van der Waals surface area contributed by atoms with Gasteiger partial charge in [-0.1, -0.05) is 68.9 Å². The van der Waals surface area contributed by atoms with Crippen LogP contribution in [-0.4, -0.2) is 32.8 Å². The van der Waals surface area contributed by atoms with Crippen molar-refractivity contribution < 1.29 is 9.21 Å². The summed E-state index contributed by atoms with van der Waals surface area (Å²) < 4.78 is 5.83. The Labute approximate surface area is 181 Å². The second kappa shape index (κ2) is 8.26. The molecule has 1 aromatic heterocycles. The number of hydrogen-bond acceptors (Lipinski definition) is 5. The molecule has 0 unspecified atom stereocenters. The maximum Gasteiger partial charge on any atom is 0.277 e. The van der Waals surface area contributed by atoms with Crippen LogP contribution in [0.2, 0.25) is 0 Å². The first-order chi connectivity index (χ1) is 14.3. The summed E-state index contributed by atoms with van der Waals surface area (Å²) in [5, 5.41) is 8.45. The van der Waals surface area contributed by atoms with Crippen LogP contribution in [0.3, 0.4) is 0 Å². The van der Waals surface area contributed by atoms with E-state index in [0.29, 0.717) is 17.7 Å². The molecule has 156 valence electrons. The highest BCUT2D eigenvalue weighted by Gasteiger charge is 2.26. The van der Waals surface area contributed by atoms with E-state index < -0.39 is 0 Å². The molecule has 0 radical (unpaired) electrons. The van der Waals surface area contributed by atoms with E-state index >= 15 is 0 Å². The SMILES string of the molecule is C[C@H](Sc1nnc(-c2ccc(C(C)(C)C)cc2)o1)C(=O)N1CCc2ccccc2C1. The van der Waals surface area contributed by atoms with Gasteiger partial charge in [0, 0.05) is 18.7 Å². The first kappa shape index (κ1) is 20.7. The Bertz CT molecular complexity index is 1040. The standard InChI is InChI=1S/C24H27N3O2S/c1-16(22(28)27-14-13-17-7-5-6-8-19(17)15-27)30-23-26-25-21(29-23)18-9-11-20(12-10-18)24(2,3)4/h5-12,16H,13-15H2,1-4H3/t16-/m0/s1. The van der Waals surface area contributed by atoms with E-state index in [-0.39, 0.29) is 16.6 Å². The van der Waals surface area contributed by atoms with Gasteiger partial charge in [0.15, 0.2) is 0 Å². The van der Waals surface area contributed by atoms with Crippen molar-refractivity contribution in [3.05, 3.63) is 65.2 Å². The highest BCUT2D eigenvalue weighted by molar-refractivity contribution is 8.00. The largest absolute Gasteiger partial charge is 0.411 e. The Kier molecular flexibility index (Phi) is 5.69. The molecule has 2 aromatic carbocycles. The lowest BCUT2D eigenvalue weighted by atomic mass is 9.87. The van der Waals surface area contributed by atoms with Crippen molar-refractivity contribution >= 4 is 17.7 Å². The molecule has 1 aliphatic rings. The number of nitrogens with zero attached hydrogens (tertiary/aromatic N) is 3. The van der Waals surface area contributed by atoms with E-state index in [1.54, 1.807) is 0 Å². The number of carbonyl (C=O) groups is 1. The summed E-state index contributed by atoms with van der Waals surface area (Å²) in [5.74, 6) is 0.577. The number of aromatic nitrogens is 2. The summed E-state index contributed by atoms with van der Waals surface area (Å²) in [6, 6.07) is 16.5. The molecule has 0 N–H and O–H groups in total. The van der Waals surface area contributed by atoms with Crippen molar-refractivity contribution in [2.75, 3.05) is 6.54 Å². The predicted octanol–water partition coefficient (Wildman–Crippen LogP) is 5.10. The molecule has 30 heavy (non-hydrogen) atoms. The minimum Gasteiger partial charge on any atom is -0.411 e. The Morgan fingerprint density at radius 1 is 1.07 bits per heavy atom. The van der Waals surface area contributed by atoms with Crippen LogP contribution in [0.25, 0.3) is 11.5 Å². The average Bonchev–Trinajstić information content (AvgIpc) is 3.20. The van der Waals surface area contributed by atoms with Crippen molar-refractivity contribution in [1.82, 2.24) is 15.1 Å². The van der Waals surface area contributed by atoms with Gasteiger partial charge in [-0.2, -0.15) is 0 Å². The predicted molar refractivity (Wildman–Crippen MR) is 119 cm³/mol. The third kappa shape index (κ3) is 4.43. The third-order valence-electron chi connectivity index (χ3n) is 5.47. The minimum absolute atomic E-state index is 0.0964. The minimum atomic E-state index is -0.285. The third-order valence-corrected chi connectivity index (χ3v) is 6.39. The molecule has 0 saturated heterocycles. The van der Waals surface area contributed by atoms with Gasteiger partial charge in [0.05, 0.1) is 5.25 Å². The van der Waals surface area contributed by atoms with Crippen LogP contribution < -0.4 is 0 Å². The number of thioether (sulfide) groups is 1. The van der Waals surface area contributed by atoms with E-state index in [9.17, 15) is 4.79 Å². The van der Waals surface area contributed by atoms with Crippen LogP contribution in [0.15, 0.2) is 58.2 Å². The Hall–Kier alpha value is -2.60. The van der Waals surface area contributed by atoms with E-state index in [1.807, 2.05) is 30.0 Å². The molecular formula is C24H27N3O2S. The van der Waals surface area contributed by atoms with Crippen LogP contribution >= 0.6 is 11.8 Å². The number of benzene rings is 2. The smallest absolute Gasteiger partial charge is 0.277 e. The van der Waals surface area contributed by atoms with Crippen LogP contribution in [0.5, 0.6) is 0 Å². The number of amides is 1. The summed E-state index contributed by atoms with van der Waals surface area (Å²) >= 11 is 1.32. The van der Waals surface area contributed by atoms with Crippen LogP contribution in [0, 0.1) is 0 Å². The molecule has 3 aromatic rings. The van der Waals surface area contributed by atoms with Gasteiger partial charge in [0.25, 0.3) is 5.22 Å². The molecule has 6 heteroatoms. The molecule has 0 saturated carbocycles. The number of carbonyl (C=O) groups excluding carboxylic acids is 1. The fraction of sp³-hybridized carbons (Fsp3) is 0.375. The lowest BCUT2D eigenvalue weighted by Crippen LogP contribution is -2.40. The summed E-state index contributed by atoms with van der Waals surface area (Å²) in [6.45, 7) is 9.86. The van der Waals surface area contributed by atoms with Gasteiger partial charge in [-0.15, -0.1) is 10.2 Å². The van der Waals surface area contributed by atoms with Crippen molar-refractivity contribution in [3.63, 3.8) is 0 Å². The Morgan fingerprint density at radius 2 is 1.77 bits per heavy atom. The zero-order valence-corrected chi connectivity index (χ0v) is 18.7. The van der Waals surface area contributed by atoms with Crippen molar-refractivity contribution in [1.29, 1.82) is 0 Å². The molecule has 1 atom stereocenters. The fourth-order valence-electron chi connectivity index (χ4n) is 3.63. The van der Waals surface area contributed by atoms with E-state index in [4.69, 9.17) is 4.42 Å². The van der Waals surface area contributed by atoms with Crippen LogP contribution in [0.1, 0.15) is 44.4 Å². The molecule has 1 aliphatic heterocycles. The van der Waals surface area contributed by atoms with Crippen LogP contribution in [-0.2, 0) is 23.2 Å². The normalized spacial score (nSPS) is 15.0. The van der Waals surface area contributed by atoms with Gasteiger partial charge in [-0.3, -0.25) is 4.79 Å². The second-order valence-electron chi connectivity index (χ2n) is 8.74. The lowest BCUT2D eigenvalue weighted by Gasteiger charge is -2.30. The average molecular weight is 422 g/mol. The Morgan fingerprint density at radius 3 is 2.47 bits per heavy atom. The zero-order valence-electron chi connectivity index (χ0n) is 17.9. The van der Waals surface area contributed by atoms with Gasteiger partial charge >= 0.3 is 0 Å². The molecule has 0 fully saturated rings. The number of hydrogen-bond donors (Lipinski definition) is 0. The number of fused-ring (bicyclic) bond motifs is 1. The molecule has 5 nitrogen and oxygen atoms in total. The molecule has 2 heterocycles. The van der Waals surface area contributed by atoms with Gasteiger partial charge in [-0.25, -0.2) is 0 Å². The summed E-state index contributed by atoms with van der Waals surface area (Å²) in [5.41, 5.74) is 4.80. The first-order valence-corrected chi connectivity index (χ1v) is 11.2. The topological polar surface area (TPSA) is 59.2 Å². The quantitative estimate of drug-likeness (QED) is 0.549. The molecular weight excluding hydrogens is 394 g/mol. The second-order valence-corrected chi connectivity index (χ2v) is 10.0. The van der Waals surface area contributed by atoms with Gasteiger partial charge < -0.3 is 9.32 Å². The van der Waals surface area contributed by atoms with Crippen molar-refractivity contribution in [2.24, 2.45) is 0 Å². The molecule has 4 rings (SSSR count). The van der Waals surface area contributed by atoms with E-state index in [1.165, 1.54) is 28.5 Å². The van der Waals surface area contributed by atoms with E-state index in [0.717, 1.165) is 18.5 Å². The van der Waals surface area contributed by atoms with Gasteiger partial charge in [-0.05, 0) is 47.6 Å². The van der Waals surface area contributed by atoms with Crippen molar-refractivity contribution in [2.45, 2.75) is 56.5 Å². The van der Waals surface area contributed by atoms with E-state index in [2.05, 4.69) is 61.3 Å². The Balaban J connectivity index is 1.40. The van der Waals surface area contributed by atoms with Gasteiger partial charge in [0.1, 0.15) is 0 Å². The number of rotatable bonds is 4. The highest BCUT2D eigenvalue weighted by atomic mass is 32.2. The summed E-state index contributed by atoms with van der Waals surface area (Å²) in [7, 11) is 0. The fourth-order valence-corrected chi connectivity index (χ4v) is 4.40. The monoisotopic (exact) mass is 421 g/mol. The zero-order chi connectivity index (χ0) is 21.3. The van der Waals surface area contributed by atoms with Gasteiger partial charge in [0.2, 0.25) is 11.8 Å². The van der Waals surface area contributed by atoms with Crippen molar-refractivity contribution in [3.8, 4) is 11.5 Å². The lowest BCUT2D eigenvalue weighted by molar-refractivity contribution is -0.131.